The molecule has 1 N–H and O–H groups in total. The van der Waals surface area contributed by atoms with Crippen LogP contribution in [0, 0.1) is 0 Å². The maximum absolute atomic E-state index is 11.8. The summed E-state index contributed by atoms with van der Waals surface area (Å²) < 4.78 is 28.5. The van der Waals surface area contributed by atoms with Crippen LogP contribution in [0.3, 0.4) is 0 Å². The molecule has 0 amide bonds. The van der Waals surface area contributed by atoms with Gasteiger partial charge in [0.2, 0.25) is 0 Å². The molecule has 1 aliphatic heterocycles. The van der Waals surface area contributed by atoms with Gasteiger partial charge in [0.25, 0.3) is 0 Å². The van der Waals surface area contributed by atoms with E-state index in [2.05, 4.69) is 0 Å². The minimum Gasteiger partial charge on any atom is -0.370 e. The van der Waals surface area contributed by atoms with Gasteiger partial charge < -0.3 is 9.64 Å². The lowest BCUT2D eigenvalue weighted by Gasteiger charge is -2.22. The normalized spacial score (nSPS) is 21.0. The zero-order valence-electron chi connectivity index (χ0n) is 5.78. The van der Waals surface area contributed by atoms with Crippen LogP contribution in [-0.4, -0.2) is 40.0 Å². The van der Waals surface area contributed by atoms with Gasteiger partial charge in [-0.1, -0.05) is 0 Å². The number of halogens is 2. The highest BCUT2D eigenvalue weighted by Crippen LogP contribution is 1.80. The Morgan fingerprint density at radius 2 is 1.90 bits per heavy atom. The molecule has 0 aromatic rings. The maximum atomic E-state index is 11.8. The summed E-state index contributed by atoms with van der Waals surface area (Å²) in [6.07, 6.45) is -0.0244. The summed E-state index contributed by atoms with van der Waals surface area (Å²) in [5.74, 6) is 0. The molecular formula is C5H11BF2NO+. The van der Waals surface area contributed by atoms with E-state index in [-0.39, 0.29) is 6.44 Å². The maximum Gasteiger partial charge on any atom is 0.592 e. The highest BCUT2D eigenvalue weighted by molar-refractivity contribution is 6.42. The Morgan fingerprint density at radius 3 is 2.40 bits per heavy atom. The van der Waals surface area contributed by atoms with Gasteiger partial charge in [0, 0.05) is 0 Å². The second kappa shape index (κ2) is 3.88. The Kier molecular flexibility index (Phi) is 3.08. The molecule has 1 heterocycles. The molecule has 2 nitrogen and oxygen atoms in total. The summed E-state index contributed by atoms with van der Waals surface area (Å²) in [7, 11) is -2.17. The first kappa shape index (κ1) is 7.95. The summed E-state index contributed by atoms with van der Waals surface area (Å²) in [6, 6.07) is 0. The Labute approximate surface area is 59.3 Å². The average Bonchev–Trinajstić information content (AvgIpc) is 1.88. The first-order valence-electron chi connectivity index (χ1n) is 3.48. The molecular weight excluding hydrogens is 139 g/mol. The number of morpholine rings is 1. The summed E-state index contributed by atoms with van der Waals surface area (Å²) >= 11 is 0. The summed E-state index contributed by atoms with van der Waals surface area (Å²) in [4.78, 5) is 0.959. The highest BCUT2D eigenvalue weighted by atomic mass is 19.2. The largest absolute Gasteiger partial charge is 0.592 e. The first-order valence-corrected chi connectivity index (χ1v) is 3.48. The molecule has 1 fully saturated rings. The molecule has 1 saturated heterocycles. The molecule has 0 radical (unpaired) electrons. The van der Waals surface area contributed by atoms with Crippen LogP contribution in [0.4, 0.5) is 8.63 Å². The van der Waals surface area contributed by atoms with Gasteiger partial charge in [-0.15, -0.1) is 0 Å². The molecule has 1 aliphatic rings. The molecule has 58 valence electrons. The first-order chi connectivity index (χ1) is 4.79. The van der Waals surface area contributed by atoms with Crippen LogP contribution in [0.1, 0.15) is 0 Å². The summed E-state index contributed by atoms with van der Waals surface area (Å²) in [5.41, 5.74) is 0. The molecule has 0 unspecified atom stereocenters. The van der Waals surface area contributed by atoms with Crippen molar-refractivity contribution < 1.29 is 18.3 Å². The van der Waals surface area contributed by atoms with Gasteiger partial charge in [0.05, 0.1) is 13.2 Å². The fourth-order valence-corrected chi connectivity index (χ4v) is 1.08. The van der Waals surface area contributed by atoms with Gasteiger partial charge >= 0.3 is 7.27 Å². The number of hydrogen-bond donors (Lipinski definition) is 1. The summed E-state index contributed by atoms with van der Waals surface area (Å²) in [6.45, 7) is 2.71. The van der Waals surface area contributed by atoms with E-state index in [9.17, 15) is 8.63 Å². The van der Waals surface area contributed by atoms with Crippen LogP contribution in [0.15, 0.2) is 0 Å². The van der Waals surface area contributed by atoms with Crippen molar-refractivity contribution in [1.29, 1.82) is 0 Å². The lowest BCUT2D eigenvalue weighted by Crippen LogP contribution is -3.15. The minimum atomic E-state index is -2.17. The zero-order valence-corrected chi connectivity index (χ0v) is 5.78. The van der Waals surface area contributed by atoms with E-state index in [1.165, 1.54) is 0 Å². The molecule has 0 aromatic carbocycles. The lowest BCUT2D eigenvalue weighted by atomic mass is 9.98. The SMILES string of the molecule is FB(F)C[NH+]1CCOCC1. The second-order valence-corrected chi connectivity index (χ2v) is 2.46. The van der Waals surface area contributed by atoms with Crippen molar-refractivity contribution in [3.63, 3.8) is 0 Å². The van der Waals surface area contributed by atoms with Crippen molar-refractivity contribution in [3.05, 3.63) is 0 Å². The highest BCUT2D eigenvalue weighted by Gasteiger charge is 2.23. The molecule has 0 bridgehead atoms. The van der Waals surface area contributed by atoms with Crippen molar-refractivity contribution in [3.8, 4) is 0 Å². The van der Waals surface area contributed by atoms with E-state index in [1.807, 2.05) is 0 Å². The Morgan fingerprint density at radius 1 is 1.30 bits per heavy atom. The number of quaternary nitrogens is 1. The molecule has 10 heavy (non-hydrogen) atoms. The van der Waals surface area contributed by atoms with Crippen molar-refractivity contribution in [1.82, 2.24) is 0 Å². The Hall–Kier alpha value is -0.155. The predicted octanol–water partition coefficient (Wildman–Crippen LogP) is -1.13. The van der Waals surface area contributed by atoms with E-state index in [0.717, 1.165) is 18.0 Å². The molecule has 5 heteroatoms. The second-order valence-electron chi connectivity index (χ2n) is 2.46. The third-order valence-electron chi connectivity index (χ3n) is 1.64. The third kappa shape index (κ3) is 2.62. The Bertz CT molecular complexity index is 97.6. The topological polar surface area (TPSA) is 13.7 Å². The van der Waals surface area contributed by atoms with Crippen molar-refractivity contribution >= 4 is 7.27 Å². The van der Waals surface area contributed by atoms with Gasteiger partial charge in [-0.2, -0.15) is 0 Å². The number of nitrogens with one attached hydrogen (secondary N) is 1. The van der Waals surface area contributed by atoms with Crippen LogP contribution in [-0.2, 0) is 4.74 Å². The molecule has 0 aromatic heterocycles. The van der Waals surface area contributed by atoms with Gasteiger partial charge in [-0.05, 0) is 0 Å². The fourth-order valence-electron chi connectivity index (χ4n) is 1.08. The van der Waals surface area contributed by atoms with Crippen LogP contribution >= 0.6 is 0 Å². The van der Waals surface area contributed by atoms with E-state index in [4.69, 9.17) is 4.74 Å². The van der Waals surface area contributed by atoms with E-state index in [0.29, 0.717) is 13.2 Å². The molecule has 0 aliphatic carbocycles. The summed E-state index contributed by atoms with van der Waals surface area (Å²) in [5, 5.41) is 0. The van der Waals surface area contributed by atoms with Gasteiger partial charge in [0.1, 0.15) is 19.5 Å². The standard InChI is InChI=1S/C5H10BF2NO/c7-6(8)5-9-1-3-10-4-2-9/h1-5H2/p+1. The number of hydrogen-bond acceptors (Lipinski definition) is 1. The quantitative estimate of drug-likeness (QED) is 0.491. The van der Waals surface area contributed by atoms with E-state index >= 15 is 0 Å². The fraction of sp³-hybridized carbons (Fsp3) is 1.00. The van der Waals surface area contributed by atoms with Gasteiger partial charge in [0.15, 0.2) is 0 Å². The van der Waals surface area contributed by atoms with Crippen LogP contribution in [0.25, 0.3) is 0 Å². The third-order valence-corrected chi connectivity index (χ3v) is 1.64. The zero-order chi connectivity index (χ0) is 7.40. The van der Waals surface area contributed by atoms with Crippen molar-refractivity contribution in [2.75, 3.05) is 32.7 Å². The Balaban J connectivity index is 2.13. The van der Waals surface area contributed by atoms with E-state index < -0.39 is 7.27 Å². The molecule has 0 saturated carbocycles. The van der Waals surface area contributed by atoms with Crippen LogP contribution in [0.5, 0.6) is 0 Å². The molecule has 0 spiro atoms. The van der Waals surface area contributed by atoms with Gasteiger partial charge in [-0.3, -0.25) is 8.63 Å². The minimum absolute atomic E-state index is 0.0244. The van der Waals surface area contributed by atoms with Crippen molar-refractivity contribution in [2.24, 2.45) is 0 Å². The smallest absolute Gasteiger partial charge is 0.370 e. The predicted molar refractivity (Wildman–Crippen MR) is 34.4 cm³/mol. The average molecular weight is 150 g/mol. The van der Waals surface area contributed by atoms with E-state index in [1.54, 1.807) is 0 Å². The monoisotopic (exact) mass is 150 g/mol. The number of ether oxygens (including phenoxy) is 1. The van der Waals surface area contributed by atoms with Gasteiger partial charge in [-0.25, -0.2) is 0 Å². The van der Waals surface area contributed by atoms with Crippen LogP contribution in [0.2, 0.25) is 0 Å². The molecule has 0 atom stereocenters. The molecule has 1 rings (SSSR count). The van der Waals surface area contributed by atoms with Crippen molar-refractivity contribution in [2.45, 2.75) is 0 Å². The number of rotatable bonds is 2. The lowest BCUT2D eigenvalue weighted by molar-refractivity contribution is -0.898. The van der Waals surface area contributed by atoms with Crippen LogP contribution < -0.4 is 4.90 Å².